The number of unbranched alkanes of at least 4 members (excludes halogenated alkanes) is 3. The second kappa shape index (κ2) is 59.5. The molecule has 0 heterocycles. The number of aliphatic carboxylic acids is 7. The van der Waals surface area contributed by atoms with E-state index < -0.39 is 327 Å². The molecule has 46 nitrogen and oxygen atoms in total. The maximum absolute atomic E-state index is 13.7. The Hall–Kier alpha value is -9.18. The van der Waals surface area contributed by atoms with Crippen LogP contribution >= 0.6 is 15.6 Å². The molecule has 0 saturated heterocycles. The number of carbonyl (C=O) groups excluding carboxylic acids is 13. The smallest absolute Gasteiger partial charge is 0.469 e. The van der Waals surface area contributed by atoms with Crippen LogP contribution in [-0.2, 0) is 114 Å². The summed E-state index contributed by atoms with van der Waals surface area (Å²) in [5.41, 5.74) is 22.3. The summed E-state index contributed by atoms with van der Waals surface area (Å²) < 4.78 is 32.0. The molecule has 0 radical (unpaired) electrons. The molecule has 0 aromatic rings. The Morgan fingerprint density at radius 1 is 0.328 bits per heavy atom. The predicted molar refractivity (Wildman–Crippen MR) is 412 cm³/mol. The lowest BCUT2D eigenvalue weighted by atomic mass is 9.89. The molecular formula is C71H119N11O35P2. The topological polar surface area (TPSA) is 805 Å². The molecule has 0 aliphatic carbocycles. The van der Waals surface area contributed by atoms with E-state index in [-0.39, 0.29) is 38.0 Å². The molecule has 26 N–H and O–H groups in total. The van der Waals surface area contributed by atoms with Gasteiger partial charge in [-0.25, -0.2) is 13.9 Å². The van der Waals surface area contributed by atoms with Gasteiger partial charge in [0, 0.05) is 107 Å². The van der Waals surface area contributed by atoms with Gasteiger partial charge in [0.05, 0.1) is 55.4 Å². The average molecular weight is 1750 g/mol. The first-order valence-electron chi connectivity index (χ1n) is 38.3. The standard InChI is InChI=1S/C37H54N4O19.C34H65N7O16P2/c1-18(19(2)42)15-26(43)23(6-12-32(52)53)39-35(58)20(3-9-29(46)47)16-27(44)24(7-13-33(54)55)40-36(59)21(4-10-30(48)49)17-28(45)25(8-14-34(56)57)41-37(60)22(38)5-11-31(50)51;1-21(31(45)40-26(34(48)49)12-6-9-15-37)16-29(43)27(20-57-59(53,54)55)41-32(46)23(10-4-7-13-35)17-28(42)22(2)39-33(47)24(19-56-58(50,51)52)18-30(44)25(38-3)11-5-8-14-36/h18,20-25H,3-17,38H2,1-2H3,(H,39,58)(H,40,59)(H,41,60)(H,46,47)(H,48,49)(H,50,51)(H,52,53)(H,54,55)(H,56,57);21-27,38H,4-20,35-37H2,1-3H3,(H,39,47)(H,40,45)(H,41,46)(H,48,49)(H2,50,51,52)(H2,53,54,55)/t18-,20-,21-,22+,23+,24+,25+;21-,22+,23-,24+,25+,26+,27+/m11/s1. The van der Waals surface area contributed by atoms with Gasteiger partial charge < -0.3 is 115 Å². The fourth-order valence-electron chi connectivity index (χ4n) is 11.3. The van der Waals surface area contributed by atoms with E-state index in [4.69, 9.17) is 28.0 Å². The summed E-state index contributed by atoms with van der Waals surface area (Å²) in [7, 11) is -8.73. The van der Waals surface area contributed by atoms with Crippen LogP contribution in [0.5, 0.6) is 0 Å². The number of phosphoric ester groups is 2. The number of carboxylic acid groups (broad SMARTS) is 7. The maximum Gasteiger partial charge on any atom is 0.469 e. The number of nitrogens with two attached hydrogens (primary N) is 4. The lowest BCUT2D eigenvalue weighted by molar-refractivity contribution is -0.143. The van der Waals surface area contributed by atoms with E-state index >= 15 is 0 Å². The number of rotatable bonds is 69. The van der Waals surface area contributed by atoms with Crippen LogP contribution in [0.3, 0.4) is 0 Å². The molecule has 119 heavy (non-hydrogen) atoms. The molecule has 0 saturated carbocycles. The van der Waals surface area contributed by atoms with Crippen LogP contribution in [0.25, 0.3) is 0 Å². The Kier molecular flexibility index (Phi) is 55.9. The van der Waals surface area contributed by atoms with Crippen molar-refractivity contribution in [3.8, 4) is 0 Å². The molecule has 0 fully saturated rings. The number of likely N-dealkylation sites (N-methyl/N-ethyl adjacent to an activating group) is 1. The van der Waals surface area contributed by atoms with Crippen molar-refractivity contribution in [3.63, 3.8) is 0 Å². The summed E-state index contributed by atoms with van der Waals surface area (Å²) in [5.74, 6) is -28.5. The SMILES string of the molecule is CC(=O)[C@H](C)CC(=O)[C@H](CCC(=O)O)NC(=O)[C@H](CCC(=O)O)CC(=O)[C@H](CCC(=O)O)NC(=O)[C@H](CCC(=O)O)CC(=O)[C@H](CCC(=O)O)NC(=O)[C@@H](N)CCC(=O)O.CN[C@@H](CCCCN)C(=O)C[C@@H](COP(=O)(O)O)C(=O)N[C@@H](C)C(=O)C[C@@H](CCCCN)C(=O)N[C@@H](COP(=O)(O)O)C(=O)C[C@@H](C)C(=O)N[C@@H](CCCCN)C(=O)O. The minimum absolute atomic E-state index is 0.0258. The van der Waals surface area contributed by atoms with Gasteiger partial charge in [-0.2, -0.15) is 0 Å². The van der Waals surface area contributed by atoms with Gasteiger partial charge in [-0.3, -0.25) is 100 Å². The molecule has 0 unspecified atom stereocenters. The largest absolute Gasteiger partial charge is 0.481 e. The molecule has 6 amide bonds. The first kappa shape index (κ1) is 112. The number of hydrogen-bond acceptors (Lipinski definition) is 29. The van der Waals surface area contributed by atoms with E-state index in [1.165, 1.54) is 34.7 Å². The summed E-state index contributed by atoms with van der Waals surface area (Å²) in [5, 5.41) is 81.4. The number of carboxylic acids is 7. The highest BCUT2D eigenvalue weighted by molar-refractivity contribution is 7.46. The third-order valence-corrected chi connectivity index (χ3v) is 19.5. The summed E-state index contributed by atoms with van der Waals surface area (Å²) in [4.78, 5) is 288. The van der Waals surface area contributed by atoms with Crippen molar-refractivity contribution < 1.29 is 169 Å². The zero-order valence-corrected chi connectivity index (χ0v) is 68.9. The molecule has 678 valence electrons. The molecule has 0 bridgehead atoms. The van der Waals surface area contributed by atoms with Gasteiger partial charge in [0.1, 0.15) is 17.9 Å². The number of ketones is 7. The number of amides is 6. The van der Waals surface area contributed by atoms with E-state index in [0.29, 0.717) is 58.0 Å². The van der Waals surface area contributed by atoms with Crippen molar-refractivity contribution in [2.45, 2.75) is 249 Å². The average Bonchev–Trinajstić information content (AvgIpc) is 0.850. The fraction of sp³-hybridized carbons (Fsp3) is 0.718. The molecule has 0 aromatic heterocycles. The Morgan fingerprint density at radius 3 is 1.02 bits per heavy atom. The highest BCUT2D eigenvalue weighted by Crippen LogP contribution is 2.37. The number of Topliss-reactive ketones (excluding diaryl/α,β-unsaturated/α-hetero) is 7. The molecule has 0 aromatic carbocycles. The summed E-state index contributed by atoms with van der Waals surface area (Å²) >= 11 is 0. The van der Waals surface area contributed by atoms with E-state index in [1.54, 1.807) is 0 Å². The summed E-state index contributed by atoms with van der Waals surface area (Å²) in [6.45, 7) is 4.25. The maximum atomic E-state index is 13.7. The van der Waals surface area contributed by atoms with Crippen molar-refractivity contribution >= 4 is 133 Å². The van der Waals surface area contributed by atoms with Crippen LogP contribution in [0.2, 0.25) is 0 Å². The van der Waals surface area contributed by atoms with Gasteiger partial charge in [-0.1, -0.05) is 26.7 Å². The first-order valence-corrected chi connectivity index (χ1v) is 41.4. The molecule has 48 heteroatoms. The molecular weight excluding hydrogens is 1630 g/mol. The second-order valence-corrected chi connectivity index (χ2v) is 31.0. The van der Waals surface area contributed by atoms with Crippen LogP contribution in [0, 0.1) is 35.5 Å². The zero-order chi connectivity index (χ0) is 91.6. The van der Waals surface area contributed by atoms with Gasteiger partial charge in [0.2, 0.25) is 35.4 Å². The highest BCUT2D eigenvalue weighted by atomic mass is 31.2. The van der Waals surface area contributed by atoms with Gasteiger partial charge in [0.15, 0.2) is 34.7 Å². The Bertz CT molecular complexity index is 3540. The lowest BCUT2D eigenvalue weighted by Crippen LogP contribution is -2.50. The van der Waals surface area contributed by atoms with Crippen LogP contribution in [0.1, 0.15) is 201 Å². The normalized spacial score (nSPS) is 14.9. The van der Waals surface area contributed by atoms with Crippen LogP contribution in [0.4, 0.5) is 0 Å². The third-order valence-electron chi connectivity index (χ3n) is 18.6. The molecule has 0 aliphatic rings. The van der Waals surface area contributed by atoms with E-state index in [1.807, 2.05) is 0 Å². The first-order chi connectivity index (χ1) is 55.3. The Balaban J connectivity index is 0. The molecule has 0 rings (SSSR count). The van der Waals surface area contributed by atoms with Gasteiger partial charge in [-0.05, 0) is 124 Å². The van der Waals surface area contributed by atoms with Crippen molar-refractivity contribution in [1.82, 2.24) is 37.2 Å². The molecule has 0 spiro atoms. The number of carbonyl (C=O) groups is 20. The van der Waals surface area contributed by atoms with Crippen molar-refractivity contribution in [3.05, 3.63) is 0 Å². The Labute approximate surface area is 685 Å². The monoisotopic (exact) mass is 1750 g/mol. The number of phosphoric acid groups is 2. The minimum Gasteiger partial charge on any atom is -0.481 e. The van der Waals surface area contributed by atoms with Crippen LogP contribution < -0.4 is 60.2 Å². The summed E-state index contributed by atoms with van der Waals surface area (Å²) in [6, 6.07) is -11.3. The number of nitrogens with one attached hydrogen (secondary N) is 7. The minimum atomic E-state index is -5.19. The van der Waals surface area contributed by atoms with E-state index in [0.717, 1.165) is 0 Å². The predicted octanol–water partition coefficient (Wildman–Crippen LogP) is -2.22. The van der Waals surface area contributed by atoms with Gasteiger partial charge in [-0.15, -0.1) is 0 Å². The quantitative estimate of drug-likeness (QED) is 0.0226. The van der Waals surface area contributed by atoms with E-state index in [2.05, 4.69) is 46.3 Å². The lowest BCUT2D eigenvalue weighted by Gasteiger charge is -2.25. The summed E-state index contributed by atoms with van der Waals surface area (Å²) in [6.07, 6.45) is -7.49. The van der Waals surface area contributed by atoms with Gasteiger partial charge in [0.25, 0.3) is 0 Å². The highest BCUT2D eigenvalue weighted by Gasteiger charge is 2.38. The second-order valence-electron chi connectivity index (χ2n) is 28.6. The molecule has 0 aliphatic heterocycles. The zero-order valence-electron chi connectivity index (χ0n) is 67.1. The fourth-order valence-corrected chi connectivity index (χ4v) is 12.1. The van der Waals surface area contributed by atoms with Gasteiger partial charge >= 0.3 is 57.4 Å². The van der Waals surface area contributed by atoms with Crippen molar-refractivity contribution in [1.29, 1.82) is 0 Å². The van der Waals surface area contributed by atoms with Crippen LogP contribution in [0.15, 0.2) is 0 Å². The van der Waals surface area contributed by atoms with Crippen LogP contribution in [-0.4, -0.2) is 261 Å². The van der Waals surface area contributed by atoms with Crippen molar-refractivity contribution in [2.75, 3.05) is 39.9 Å². The molecule has 14 atom stereocenters. The van der Waals surface area contributed by atoms with E-state index in [9.17, 15) is 155 Å². The van der Waals surface area contributed by atoms with Crippen molar-refractivity contribution in [2.24, 2.45) is 58.4 Å². The third kappa shape index (κ3) is 52.5. The Morgan fingerprint density at radius 2 is 0.630 bits per heavy atom. The number of hydrogen-bond donors (Lipinski definition) is 22.